The first-order valence-electron chi connectivity index (χ1n) is 7.21. The number of carbonyl (C=O) groups excluding carboxylic acids is 2. The molecular weight excluding hydrogens is 296 g/mol. The van der Waals surface area contributed by atoms with Crippen molar-refractivity contribution >= 4 is 11.9 Å². The Labute approximate surface area is 133 Å². The average Bonchev–Trinajstić information content (AvgIpc) is 2.56. The van der Waals surface area contributed by atoms with Crippen molar-refractivity contribution in [3.05, 3.63) is 70.6 Å². The Balaban J connectivity index is 1.79. The number of benzene rings is 1. The van der Waals surface area contributed by atoms with Gasteiger partial charge in [0.2, 0.25) is 0 Å². The number of nitrogens with zero attached hydrogens (tertiary/aromatic N) is 1. The Hall–Kier alpha value is -2.89. The molecule has 0 bridgehead atoms. The molecular formula is C17H18N2O4. The van der Waals surface area contributed by atoms with Crippen LogP contribution in [-0.2, 0) is 20.9 Å². The second-order valence-electron chi connectivity index (χ2n) is 5.03. The third-order valence-corrected chi connectivity index (χ3v) is 3.24. The highest BCUT2D eigenvalue weighted by atomic mass is 16.5. The normalized spacial score (nSPS) is 11.5. The van der Waals surface area contributed by atoms with Crippen molar-refractivity contribution in [2.24, 2.45) is 0 Å². The molecule has 0 aliphatic carbocycles. The fourth-order valence-corrected chi connectivity index (χ4v) is 2.03. The molecule has 1 atom stereocenters. The van der Waals surface area contributed by atoms with Crippen molar-refractivity contribution in [1.82, 2.24) is 9.88 Å². The molecule has 23 heavy (non-hydrogen) atoms. The first kappa shape index (κ1) is 16.5. The van der Waals surface area contributed by atoms with E-state index in [0.29, 0.717) is 0 Å². The van der Waals surface area contributed by atoms with Crippen molar-refractivity contribution in [1.29, 1.82) is 0 Å². The van der Waals surface area contributed by atoms with E-state index in [2.05, 4.69) is 5.32 Å². The minimum atomic E-state index is -0.638. The standard InChI is InChI=1S/C17H18N2O4/c1-13(14-7-3-2-4-8-14)18-15(20)12-23-17(22)11-19-10-6-5-9-16(19)21/h2-10,13H,11-12H2,1H3,(H,18,20)/t13-/m0/s1. The molecule has 0 radical (unpaired) electrons. The fourth-order valence-electron chi connectivity index (χ4n) is 2.03. The van der Waals surface area contributed by atoms with Gasteiger partial charge in [-0.1, -0.05) is 36.4 Å². The quantitative estimate of drug-likeness (QED) is 0.815. The summed E-state index contributed by atoms with van der Waals surface area (Å²) in [5.41, 5.74) is 0.662. The van der Waals surface area contributed by atoms with Crippen LogP contribution in [0.4, 0.5) is 0 Å². The molecule has 0 fully saturated rings. The first-order valence-corrected chi connectivity index (χ1v) is 7.21. The Kier molecular flexibility index (Phi) is 5.68. The minimum Gasteiger partial charge on any atom is -0.454 e. The third-order valence-electron chi connectivity index (χ3n) is 3.24. The molecule has 0 saturated carbocycles. The highest BCUT2D eigenvalue weighted by Gasteiger charge is 2.12. The zero-order valence-electron chi connectivity index (χ0n) is 12.8. The topological polar surface area (TPSA) is 77.4 Å². The minimum absolute atomic E-state index is 0.181. The first-order chi connectivity index (χ1) is 11.1. The predicted molar refractivity (Wildman–Crippen MR) is 84.7 cm³/mol. The van der Waals surface area contributed by atoms with E-state index in [1.165, 1.54) is 16.8 Å². The molecule has 2 rings (SSSR count). The van der Waals surface area contributed by atoms with Gasteiger partial charge in [0, 0.05) is 12.3 Å². The van der Waals surface area contributed by atoms with Gasteiger partial charge in [0.1, 0.15) is 6.54 Å². The molecule has 120 valence electrons. The molecule has 0 aliphatic heterocycles. The van der Waals surface area contributed by atoms with Crippen LogP contribution in [0.2, 0.25) is 0 Å². The molecule has 2 aromatic rings. The number of esters is 1. The molecule has 0 spiro atoms. The van der Waals surface area contributed by atoms with Gasteiger partial charge in [-0.3, -0.25) is 14.4 Å². The molecule has 1 aromatic heterocycles. The number of amides is 1. The lowest BCUT2D eigenvalue weighted by atomic mass is 10.1. The van der Waals surface area contributed by atoms with Gasteiger partial charge in [-0.2, -0.15) is 0 Å². The molecule has 0 aliphatic rings. The Morgan fingerprint density at radius 3 is 2.52 bits per heavy atom. The third kappa shape index (κ3) is 5.10. The SMILES string of the molecule is C[C@H](NC(=O)COC(=O)Cn1ccccc1=O)c1ccccc1. The number of hydrogen-bond donors (Lipinski definition) is 1. The number of nitrogens with one attached hydrogen (secondary N) is 1. The second kappa shape index (κ2) is 7.93. The summed E-state index contributed by atoms with van der Waals surface area (Å²) in [4.78, 5) is 34.9. The Bertz CT molecular complexity index is 725. The number of ether oxygens (including phenoxy) is 1. The monoisotopic (exact) mass is 314 g/mol. The molecule has 6 heteroatoms. The number of hydrogen-bond acceptors (Lipinski definition) is 4. The van der Waals surface area contributed by atoms with Crippen molar-refractivity contribution < 1.29 is 14.3 Å². The van der Waals surface area contributed by atoms with Gasteiger partial charge in [-0.25, -0.2) is 0 Å². The smallest absolute Gasteiger partial charge is 0.326 e. The highest BCUT2D eigenvalue weighted by molar-refractivity contribution is 5.80. The van der Waals surface area contributed by atoms with E-state index in [1.54, 1.807) is 12.1 Å². The van der Waals surface area contributed by atoms with E-state index >= 15 is 0 Å². The highest BCUT2D eigenvalue weighted by Crippen LogP contribution is 2.10. The maximum absolute atomic E-state index is 11.8. The lowest BCUT2D eigenvalue weighted by Crippen LogP contribution is -2.32. The molecule has 1 heterocycles. The Morgan fingerprint density at radius 2 is 1.83 bits per heavy atom. The number of aromatic nitrogens is 1. The van der Waals surface area contributed by atoms with Crippen LogP contribution in [0.15, 0.2) is 59.5 Å². The van der Waals surface area contributed by atoms with E-state index in [9.17, 15) is 14.4 Å². The molecule has 1 N–H and O–H groups in total. The number of pyridine rings is 1. The van der Waals surface area contributed by atoms with Gasteiger partial charge in [0.25, 0.3) is 11.5 Å². The Morgan fingerprint density at radius 1 is 1.13 bits per heavy atom. The summed E-state index contributed by atoms with van der Waals surface area (Å²) in [5, 5.41) is 2.74. The van der Waals surface area contributed by atoms with Gasteiger partial charge >= 0.3 is 5.97 Å². The fraction of sp³-hybridized carbons (Fsp3) is 0.235. The molecule has 0 saturated heterocycles. The van der Waals surface area contributed by atoms with Gasteiger partial charge < -0.3 is 14.6 Å². The van der Waals surface area contributed by atoms with Gasteiger partial charge in [-0.05, 0) is 18.6 Å². The van der Waals surface area contributed by atoms with Crippen molar-refractivity contribution in [3.8, 4) is 0 Å². The van der Waals surface area contributed by atoms with Gasteiger partial charge in [0.05, 0.1) is 6.04 Å². The summed E-state index contributed by atoms with van der Waals surface area (Å²) < 4.78 is 6.10. The van der Waals surface area contributed by atoms with Crippen LogP contribution in [0.25, 0.3) is 0 Å². The average molecular weight is 314 g/mol. The molecule has 0 unspecified atom stereocenters. The van der Waals surface area contributed by atoms with Crippen molar-refractivity contribution in [2.45, 2.75) is 19.5 Å². The second-order valence-corrected chi connectivity index (χ2v) is 5.03. The van der Waals surface area contributed by atoms with Crippen LogP contribution in [0.3, 0.4) is 0 Å². The summed E-state index contributed by atoms with van der Waals surface area (Å²) >= 11 is 0. The van der Waals surface area contributed by atoms with Crippen molar-refractivity contribution in [3.63, 3.8) is 0 Å². The van der Waals surface area contributed by atoms with E-state index < -0.39 is 11.9 Å². The molecule has 1 amide bonds. The molecule has 6 nitrogen and oxygen atoms in total. The molecule has 1 aromatic carbocycles. The van der Waals surface area contributed by atoms with Gasteiger partial charge in [0.15, 0.2) is 6.61 Å². The summed E-state index contributed by atoms with van der Waals surface area (Å²) in [6.45, 7) is 1.25. The van der Waals surface area contributed by atoms with E-state index in [-0.39, 0.29) is 24.8 Å². The lowest BCUT2D eigenvalue weighted by molar-refractivity contribution is -0.149. The zero-order valence-corrected chi connectivity index (χ0v) is 12.8. The zero-order chi connectivity index (χ0) is 16.7. The summed E-state index contributed by atoms with van der Waals surface area (Å²) in [6.07, 6.45) is 1.49. The lowest BCUT2D eigenvalue weighted by Gasteiger charge is -2.14. The maximum Gasteiger partial charge on any atom is 0.326 e. The summed E-state index contributed by atoms with van der Waals surface area (Å²) in [6, 6.07) is 13.9. The van der Waals surface area contributed by atoms with E-state index in [0.717, 1.165) is 5.56 Å². The largest absolute Gasteiger partial charge is 0.454 e. The van der Waals surface area contributed by atoms with Crippen LogP contribution in [0.1, 0.15) is 18.5 Å². The van der Waals surface area contributed by atoms with Crippen LogP contribution in [-0.4, -0.2) is 23.1 Å². The van der Waals surface area contributed by atoms with E-state index in [1.807, 2.05) is 37.3 Å². The van der Waals surface area contributed by atoms with Crippen molar-refractivity contribution in [2.75, 3.05) is 6.61 Å². The number of carbonyl (C=O) groups is 2. The maximum atomic E-state index is 11.8. The van der Waals surface area contributed by atoms with Crippen LogP contribution < -0.4 is 10.9 Å². The van der Waals surface area contributed by atoms with Crippen LogP contribution in [0.5, 0.6) is 0 Å². The van der Waals surface area contributed by atoms with Crippen LogP contribution >= 0.6 is 0 Å². The van der Waals surface area contributed by atoms with Gasteiger partial charge in [-0.15, -0.1) is 0 Å². The number of rotatable bonds is 6. The summed E-state index contributed by atoms with van der Waals surface area (Å²) in [5.74, 6) is -1.03. The van der Waals surface area contributed by atoms with Crippen LogP contribution in [0, 0.1) is 0 Å². The van der Waals surface area contributed by atoms with E-state index in [4.69, 9.17) is 4.74 Å². The summed E-state index contributed by atoms with van der Waals surface area (Å²) in [7, 11) is 0. The predicted octanol–water partition coefficient (Wildman–Crippen LogP) is 1.27.